The van der Waals surface area contributed by atoms with Crippen LogP contribution in [0.2, 0.25) is 5.02 Å². The van der Waals surface area contributed by atoms with Crippen LogP contribution >= 0.6 is 11.6 Å². The average molecular weight is 410 g/mol. The predicted octanol–water partition coefficient (Wildman–Crippen LogP) is 5.30. The lowest BCUT2D eigenvalue weighted by molar-refractivity contribution is 0.104. The molecule has 0 aliphatic carbocycles. The van der Waals surface area contributed by atoms with Crippen LogP contribution in [0.4, 0.5) is 11.4 Å². The molecule has 3 aromatic carbocycles. The fourth-order valence-corrected chi connectivity index (χ4v) is 4.84. The van der Waals surface area contributed by atoms with E-state index in [1.165, 1.54) is 24.4 Å². The van der Waals surface area contributed by atoms with Crippen LogP contribution in [0.1, 0.15) is 15.9 Å². The molecule has 4 nitrogen and oxygen atoms in total. The van der Waals surface area contributed by atoms with E-state index in [0.717, 1.165) is 11.3 Å². The zero-order valence-electron chi connectivity index (χ0n) is 15.0. The molecule has 140 valence electrons. The molecule has 0 amide bonds. The minimum atomic E-state index is -3.95. The number of sulfone groups is 1. The number of halogens is 1. The molecule has 1 aliphatic rings. The second-order valence-corrected chi connectivity index (χ2v) is 8.83. The summed E-state index contributed by atoms with van der Waals surface area (Å²) in [6.45, 7) is 1.96. The van der Waals surface area contributed by atoms with Gasteiger partial charge in [0.1, 0.15) is 4.91 Å². The van der Waals surface area contributed by atoms with E-state index in [2.05, 4.69) is 0 Å². The van der Waals surface area contributed by atoms with Crippen LogP contribution in [0, 0.1) is 6.92 Å². The Bertz CT molecular complexity index is 1210. The molecular formula is C22H16ClNO3S. The first-order chi connectivity index (χ1) is 13.4. The molecule has 28 heavy (non-hydrogen) atoms. The van der Waals surface area contributed by atoms with Crippen molar-refractivity contribution in [3.05, 3.63) is 100 Å². The number of hydrogen-bond donors (Lipinski definition) is 0. The number of fused-ring (bicyclic) bond motifs is 1. The summed E-state index contributed by atoms with van der Waals surface area (Å²) in [5, 5.41) is 0.476. The molecule has 0 atom stereocenters. The number of benzene rings is 3. The zero-order chi connectivity index (χ0) is 19.9. The second-order valence-electron chi connectivity index (χ2n) is 6.51. The van der Waals surface area contributed by atoms with Gasteiger partial charge >= 0.3 is 0 Å². The maximum Gasteiger partial charge on any atom is 0.214 e. The fraction of sp³-hybridized carbons (Fsp3) is 0.0455. The van der Waals surface area contributed by atoms with Gasteiger partial charge in [-0.05, 0) is 61.0 Å². The average Bonchev–Trinajstić information content (AvgIpc) is 2.68. The van der Waals surface area contributed by atoms with E-state index in [4.69, 9.17) is 11.6 Å². The Kier molecular flexibility index (Phi) is 4.57. The fourth-order valence-electron chi connectivity index (χ4n) is 3.17. The van der Waals surface area contributed by atoms with Crippen LogP contribution in [0.3, 0.4) is 0 Å². The predicted molar refractivity (Wildman–Crippen MR) is 111 cm³/mol. The summed E-state index contributed by atoms with van der Waals surface area (Å²) in [4.78, 5) is 14.6. The van der Waals surface area contributed by atoms with E-state index >= 15 is 0 Å². The highest BCUT2D eigenvalue weighted by atomic mass is 35.5. The van der Waals surface area contributed by atoms with Crippen LogP contribution in [0.25, 0.3) is 0 Å². The smallest absolute Gasteiger partial charge is 0.214 e. The number of ketones is 1. The Morgan fingerprint density at radius 2 is 1.64 bits per heavy atom. The van der Waals surface area contributed by atoms with Crippen molar-refractivity contribution < 1.29 is 13.2 Å². The molecule has 0 bridgehead atoms. The van der Waals surface area contributed by atoms with Crippen LogP contribution in [-0.4, -0.2) is 14.2 Å². The number of hydrogen-bond acceptors (Lipinski definition) is 4. The third-order valence-electron chi connectivity index (χ3n) is 4.56. The number of Topliss-reactive ketones (excluding diaryl/α,β-unsaturated/α-hetero) is 1. The first-order valence-corrected chi connectivity index (χ1v) is 10.5. The molecule has 0 spiro atoms. The number of para-hydroxylation sites is 1. The highest BCUT2D eigenvalue weighted by Gasteiger charge is 2.35. The first kappa shape index (κ1) is 18.5. The Balaban J connectivity index is 1.92. The van der Waals surface area contributed by atoms with Crippen LogP contribution in [0.5, 0.6) is 0 Å². The number of nitrogens with zero attached hydrogens (tertiary/aromatic N) is 1. The SMILES string of the molecule is Cc1cccc(N2C=C(C(=O)c3ccc(Cl)cc3)S(=O)(=O)c3ccccc32)c1. The Labute approximate surface area is 168 Å². The molecule has 0 N–H and O–H groups in total. The molecule has 0 radical (unpaired) electrons. The van der Waals surface area contributed by atoms with E-state index in [0.29, 0.717) is 10.7 Å². The van der Waals surface area contributed by atoms with E-state index in [1.807, 2.05) is 31.2 Å². The van der Waals surface area contributed by atoms with Crippen molar-refractivity contribution in [1.82, 2.24) is 0 Å². The van der Waals surface area contributed by atoms with E-state index in [1.54, 1.807) is 35.2 Å². The van der Waals surface area contributed by atoms with Crippen LogP contribution in [-0.2, 0) is 9.84 Å². The molecule has 0 saturated carbocycles. The molecular weight excluding hydrogens is 394 g/mol. The van der Waals surface area contributed by atoms with Gasteiger partial charge in [-0.3, -0.25) is 4.79 Å². The number of aryl methyl sites for hydroxylation is 1. The van der Waals surface area contributed by atoms with Crippen molar-refractivity contribution in [2.24, 2.45) is 0 Å². The van der Waals surface area contributed by atoms with Crippen molar-refractivity contribution in [2.45, 2.75) is 11.8 Å². The molecule has 0 saturated heterocycles. The molecule has 3 aromatic rings. The summed E-state index contributed by atoms with van der Waals surface area (Å²) in [6.07, 6.45) is 1.41. The molecule has 6 heteroatoms. The number of allylic oxidation sites excluding steroid dienone is 1. The van der Waals surface area contributed by atoms with Gasteiger partial charge in [0.2, 0.25) is 15.6 Å². The Morgan fingerprint density at radius 3 is 2.36 bits per heavy atom. The molecule has 4 rings (SSSR count). The maximum absolute atomic E-state index is 13.2. The molecule has 0 aromatic heterocycles. The van der Waals surface area contributed by atoms with Gasteiger partial charge in [0.05, 0.1) is 10.6 Å². The summed E-state index contributed by atoms with van der Waals surface area (Å²) < 4.78 is 26.4. The Hall–Kier alpha value is -2.89. The minimum absolute atomic E-state index is 0.108. The standard InChI is InChI=1S/C22H16ClNO3S/c1-15-5-4-6-18(13-15)24-14-21(22(25)16-9-11-17(23)12-10-16)28(26,27)20-8-3-2-7-19(20)24/h2-14H,1H3. The summed E-state index contributed by atoms with van der Waals surface area (Å²) in [6, 6.07) is 20.5. The number of carbonyl (C=O) groups excluding carboxylic acids is 1. The number of carbonyl (C=O) groups is 1. The van der Waals surface area contributed by atoms with Gasteiger partial charge in [0.25, 0.3) is 0 Å². The molecule has 0 fully saturated rings. The monoisotopic (exact) mass is 409 g/mol. The quantitative estimate of drug-likeness (QED) is 0.551. The number of rotatable bonds is 3. The lowest BCUT2D eigenvalue weighted by Gasteiger charge is -2.29. The highest BCUT2D eigenvalue weighted by Crippen LogP contribution is 2.40. The van der Waals surface area contributed by atoms with Crippen LogP contribution in [0.15, 0.2) is 88.8 Å². The van der Waals surface area contributed by atoms with Crippen molar-refractivity contribution >= 4 is 38.6 Å². The minimum Gasteiger partial charge on any atom is -0.314 e. The van der Waals surface area contributed by atoms with Crippen molar-refractivity contribution in [1.29, 1.82) is 0 Å². The van der Waals surface area contributed by atoms with E-state index in [9.17, 15) is 13.2 Å². The summed E-state index contributed by atoms with van der Waals surface area (Å²) >= 11 is 5.89. The normalized spacial score (nSPS) is 14.9. The van der Waals surface area contributed by atoms with E-state index < -0.39 is 15.6 Å². The van der Waals surface area contributed by atoms with Gasteiger partial charge in [0, 0.05) is 22.5 Å². The van der Waals surface area contributed by atoms with Gasteiger partial charge in [-0.2, -0.15) is 0 Å². The van der Waals surface area contributed by atoms with Gasteiger partial charge in [-0.1, -0.05) is 35.9 Å². The Morgan fingerprint density at radius 1 is 0.929 bits per heavy atom. The van der Waals surface area contributed by atoms with Crippen molar-refractivity contribution in [2.75, 3.05) is 4.90 Å². The molecule has 0 unspecified atom stereocenters. The third kappa shape index (κ3) is 3.13. The summed E-state index contributed by atoms with van der Waals surface area (Å²) in [7, 11) is -3.95. The largest absolute Gasteiger partial charge is 0.314 e. The van der Waals surface area contributed by atoms with Crippen molar-refractivity contribution in [3.63, 3.8) is 0 Å². The summed E-state index contributed by atoms with van der Waals surface area (Å²) in [5.74, 6) is -0.566. The second kappa shape index (κ2) is 6.93. The van der Waals surface area contributed by atoms with Gasteiger partial charge in [0.15, 0.2) is 0 Å². The maximum atomic E-state index is 13.2. The van der Waals surface area contributed by atoms with Gasteiger partial charge in [-0.25, -0.2) is 8.42 Å². The third-order valence-corrected chi connectivity index (χ3v) is 6.61. The first-order valence-electron chi connectivity index (χ1n) is 8.60. The lowest BCUT2D eigenvalue weighted by Crippen LogP contribution is -2.25. The van der Waals surface area contributed by atoms with Gasteiger partial charge < -0.3 is 4.90 Å². The highest BCUT2D eigenvalue weighted by molar-refractivity contribution is 7.96. The summed E-state index contributed by atoms with van der Waals surface area (Å²) in [5.41, 5.74) is 2.59. The van der Waals surface area contributed by atoms with Crippen LogP contribution < -0.4 is 4.90 Å². The van der Waals surface area contributed by atoms with Crippen molar-refractivity contribution in [3.8, 4) is 0 Å². The van der Waals surface area contributed by atoms with E-state index in [-0.39, 0.29) is 15.4 Å². The number of anilines is 2. The molecule has 1 heterocycles. The molecule has 1 aliphatic heterocycles. The zero-order valence-corrected chi connectivity index (χ0v) is 16.5. The lowest BCUT2D eigenvalue weighted by atomic mass is 10.1. The van der Waals surface area contributed by atoms with Gasteiger partial charge in [-0.15, -0.1) is 0 Å². The topological polar surface area (TPSA) is 54.5 Å².